The zero-order valence-corrected chi connectivity index (χ0v) is 13.2. The first-order valence-corrected chi connectivity index (χ1v) is 7.46. The normalized spacial score (nSPS) is 11.6. The van der Waals surface area contributed by atoms with Gasteiger partial charge in [-0.3, -0.25) is 9.78 Å². The van der Waals surface area contributed by atoms with E-state index >= 15 is 0 Å². The van der Waals surface area contributed by atoms with Crippen LogP contribution in [0.15, 0.2) is 57.4 Å². The fourth-order valence-electron chi connectivity index (χ4n) is 2.63. The molecular weight excluding hydrogens is 322 g/mol. The minimum atomic E-state index is -0.624. The monoisotopic (exact) mass is 335 g/mol. The first-order chi connectivity index (χ1) is 12.2. The van der Waals surface area contributed by atoms with Crippen molar-refractivity contribution in [3.8, 4) is 5.75 Å². The molecule has 4 aromatic rings. The standard InChI is InChI=1S/C17H13N5O3/c1-25-11-4-5-13-12(7-11)14-15(20-13)16(23)22(17(24)21-14)19-9-10-3-2-6-18-8-10/h2-9,20H,1H3,(H,21,24)/b19-9-. The number of aromatic amines is 2. The zero-order chi connectivity index (χ0) is 17.4. The van der Waals surface area contributed by atoms with E-state index < -0.39 is 11.2 Å². The Labute approximate surface area is 140 Å². The third-order valence-electron chi connectivity index (χ3n) is 3.84. The summed E-state index contributed by atoms with van der Waals surface area (Å²) in [6.07, 6.45) is 4.61. The Hall–Kier alpha value is -3.68. The van der Waals surface area contributed by atoms with Crippen LogP contribution >= 0.6 is 0 Å². The quantitative estimate of drug-likeness (QED) is 0.553. The lowest BCUT2D eigenvalue weighted by atomic mass is 10.2. The molecule has 0 saturated carbocycles. The summed E-state index contributed by atoms with van der Waals surface area (Å²) in [6, 6.07) is 8.82. The van der Waals surface area contributed by atoms with E-state index in [4.69, 9.17) is 4.74 Å². The molecule has 0 atom stereocenters. The van der Waals surface area contributed by atoms with Gasteiger partial charge in [0.2, 0.25) is 0 Å². The molecule has 0 fully saturated rings. The van der Waals surface area contributed by atoms with Gasteiger partial charge in [-0.05, 0) is 24.3 Å². The Morgan fingerprint density at radius 1 is 1.20 bits per heavy atom. The summed E-state index contributed by atoms with van der Waals surface area (Å²) >= 11 is 0. The third-order valence-corrected chi connectivity index (χ3v) is 3.84. The Morgan fingerprint density at radius 2 is 2.08 bits per heavy atom. The van der Waals surface area contributed by atoms with Gasteiger partial charge in [-0.2, -0.15) is 5.10 Å². The number of nitrogens with zero attached hydrogens (tertiary/aromatic N) is 3. The Kier molecular flexibility index (Phi) is 3.42. The number of pyridine rings is 1. The highest BCUT2D eigenvalue weighted by Crippen LogP contribution is 2.25. The Balaban J connectivity index is 1.93. The molecule has 0 spiro atoms. The average Bonchev–Trinajstić information content (AvgIpc) is 3.00. The van der Waals surface area contributed by atoms with Crippen molar-refractivity contribution >= 4 is 28.2 Å². The van der Waals surface area contributed by atoms with Crippen molar-refractivity contribution in [1.29, 1.82) is 0 Å². The number of nitrogens with one attached hydrogen (secondary N) is 2. The number of rotatable bonds is 3. The number of benzene rings is 1. The van der Waals surface area contributed by atoms with Crippen LogP contribution in [0.4, 0.5) is 0 Å². The fraction of sp³-hybridized carbons (Fsp3) is 0.0588. The van der Waals surface area contributed by atoms with Crippen LogP contribution in [0.2, 0.25) is 0 Å². The third kappa shape index (κ3) is 2.49. The molecule has 0 saturated heterocycles. The second-order valence-electron chi connectivity index (χ2n) is 5.36. The second kappa shape index (κ2) is 5.75. The van der Waals surface area contributed by atoms with Gasteiger partial charge in [0.1, 0.15) is 11.3 Å². The van der Waals surface area contributed by atoms with Gasteiger partial charge in [0.15, 0.2) is 0 Å². The molecule has 8 nitrogen and oxygen atoms in total. The van der Waals surface area contributed by atoms with Crippen molar-refractivity contribution < 1.29 is 4.74 Å². The summed E-state index contributed by atoms with van der Waals surface area (Å²) in [6.45, 7) is 0. The van der Waals surface area contributed by atoms with Gasteiger partial charge in [0.05, 0.1) is 18.8 Å². The van der Waals surface area contributed by atoms with Crippen LogP contribution in [0.25, 0.3) is 21.9 Å². The van der Waals surface area contributed by atoms with E-state index in [2.05, 4.69) is 20.1 Å². The lowest BCUT2D eigenvalue weighted by molar-refractivity contribution is 0.415. The van der Waals surface area contributed by atoms with Gasteiger partial charge in [0, 0.05) is 28.9 Å². The molecule has 2 N–H and O–H groups in total. The van der Waals surface area contributed by atoms with Crippen molar-refractivity contribution in [3.63, 3.8) is 0 Å². The molecule has 0 aliphatic rings. The van der Waals surface area contributed by atoms with E-state index in [1.54, 1.807) is 49.8 Å². The molecule has 4 rings (SSSR count). The molecule has 0 unspecified atom stereocenters. The molecule has 1 aromatic carbocycles. The maximum Gasteiger partial charge on any atom is 0.350 e. The fourth-order valence-corrected chi connectivity index (χ4v) is 2.63. The molecule has 3 heterocycles. The van der Waals surface area contributed by atoms with Gasteiger partial charge >= 0.3 is 11.2 Å². The van der Waals surface area contributed by atoms with Gasteiger partial charge in [0.25, 0.3) is 0 Å². The van der Waals surface area contributed by atoms with Crippen LogP contribution in [0.3, 0.4) is 0 Å². The van der Waals surface area contributed by atoms with Crippen LogP contribution in [-0.2, 0) is 0 Å². The maximum absolute atomic E-state index is 12.6. The van der Waals surface area contributed by atoms with Crippen molar-refractivity contribution in [1.82, 2.24) is 19.6 Å². The van der Waals surface area contributed by atoms with E-state index in [0.717, 1.165) is 10.2 Å². The molecule has 0 bridgehead atoms. The van der Waals surface area contributed by atoms with Gasteiger partial charge in [-0.15, -0.1) is 4.68 Å². The van der Waals surface area contributed by atoms with Gasteiger partial charge in [-0.25, -0.2) is 4.79 Å². The summed E-state index contributed by atoms with van der Waals surface area (Å²) in [7, 11) is 1.55. The maximum atomic E-state index is 12.6. The van der Waals surface area contributed by atoms with Crippen molar-refractivity contribution in [2.24, 2.45) is 5.10 Å². The smallest absolute Gasteiger partial charge is 0.350 e. The van der Waals surface area contributed by atoms with Crippen LogP contribution in [0.1, 0.15) is 5.56 Å². The van der Waals surface area contributed by atoms with E-state index in [0.29, 0.717) is 22.2 Å². The lowest BCUT2D eigenvalue weighted by Gasteiger charge is -1.99. The van der Waals surface area contributed by atoms with E-state index in [1.165, 1.54) is 6.21 Å². The highest BCUT2D eigenvalue weighted by molar-refractivity contribution is 6.04. The largest absolute Gasteiger partial charge is 0.497 e. The molecule has 25 heavy (non-hydrogen) atoms. The predicted molar refractivity (Wildman–Crippen MR) is 94.5 cm³/mol. The summed E-state index contributed by atoms with van der Waals surface area (Å²) in [5, 5.41) is 4.68. The first kappa shape index (κ1) is 14.9. The average molecular weight is 335 g/mol. The number of methoxy groups -OCH3 is 1. The van der Waals surface area contributed by atoms with E-state index in [9.17, 15) is 9.59 Å². The van der Waals surface area contributed by atoms with E-state index in [-0.39, 0.29) is 5.52 Å². The highest BCUT2D eigenvalue weighted by Gasteiger charge is 2.13. The molecular formula is C17H13N5O3. The van der Waals surface area contributed by atoms with Gasteiger partial charge < -0.3 is 14.7 Å². The summed E-state index contributed by atoms with van der Waals surface area (Å²) in [4.78, 5) is 34.6. The molecule has 8 heteroatoms. The predicted octanol–water partition coefficient (Wildman–Crippen LogP) is 1.46. The topological polar surface area (TPSA) is 105 Å². The summed E-state index contributed by atoms with van der Waals surface area (Å²) < 4.78 is 5.97. The van der Waals surface area contributed by atoms with Crippen molar-refractivity contribution in [2.75, 3.05) is 7.11 Å². The zero-order valence-electron chi connectivity index (χ0n) is 13.2. The number of aromatic nitrogens is 4. The molecule has 3 aromatic heterocycles. The second-order valence-corrected chi connectivity index (χ2v) is 5.36. The Bertz CT molecular complexity index is 1220. The van der Waals surface area contributed by atoms with E-state index in [1.807, 2.05) is 0 Å². The number of H-pyrrole nitrogens is 2. The Morgan fingerprint density at radius 3 is 2.84 bits per heavy atom. The number of hydrogen-bond donors (Lipinski definition) is 2. The SMILES string of the molecule is COc1ccc2[nH]c3c(=O)n(/N=C\c4cccnc4)c(=O)[nH]c3c2c1. The summed E-state index contributed by atoms with van der Waals surface area (Å²) in [5.74, 6) is 0.632. The molecule has 0 aliphatic heterocycles. The van der Waals surface area contributed by atoms with Crippen LogP contribution in [0, 0.1) is 0 Å². The number of ether oxygens (including phenoxy) is 1. The minimum absolute atomic E-state index is 0.270. The van der Waals surface area contributed by atoms with Gasteiger partial charge in [-0.1, -0.05) is 6.07 Å². The number of hydrogen-bond acceptors (Lipinski definition) is 5. The van der Waals surface area contributed by atoms with Crippen molar-refractivity contribution in [3.05, 3.63) is 69.1 Å². The lowest BCUT2D eigenvalue weighted by Crippen LogP contribution is -2.32. The molecule has 0 aliphatic carbocycles. The van der Waals surface area contributed by atoms with Crippen LogP contribution in [0.5, 0.6) is 5.75 Å². The molecule has 124 valence electrons. The molecule has 0 amide bonds. The van der Waals surface area contributed by atoms with Crippen LogP contribution < -0.4 is 16.0 Å². The summed E-state index contributed by atoms with van der Waals surface area (Å²) in [5.41, 5.74) is 0.936. The number of fused-ring (bicyclic) bond motifs is 3. The first-order valence-electron chi connectivity index (χ1n) is 7.46. The minimum Gasteiger partial charge on any atom is -0.497 e. The highest BCUT2D eigenvalue weighted by atomic mass is 16.5. The van der Waals surface area contributed by atoms with Crippen LogP contribution in [-0.4, -0.2) is 33.0 Å². The molecule has 0 radical (unpaired) electrons. The van der Waals surface area contributed by atoms with Crippen molar-refractivity contribution in [2.45, 2.75) is 0 Å².